The smallest absolute Gasteiger partial charge is 0.404 e. The summed E-state index contributed by atoms with van der Waals surface area (Å²) < 4.78 is 35.5. The van der Waals surface area contributed by atoms with Gasteiger partial charge in [0.15, 0.2) is 0 Å². The minimum atomic E-state index is -3.91. The lowest BCUT2D eigenvalue weighted by atomic mass is 10.2. The molecular weight excluding hydrogens is 427 g/mol. The normalized spacial score (nSPS) is 28.7. The van der Waals surface area contributed by atoms with E-state index in [4.69, 9.17) is 29.9 Å². The highest BCUT2D eigenvalue weighted by Crippen LogP contribution is 2.55. The van der Waals surface area contributed by atoms with Crippen LogP contribution in [0.25, 0.3) is 0 Å². The molecule has 1 saturated heterocycles. The van der Waals surface area contributed by atoms with Crippen LogP contribution in [0.4, 0.5) is 0 Å². The molecule has 1 unspecified atom stereocenters. The average Bonchev–Trinajstić information content (AvgIpc) is 3.04. The van der Waals surface area contributed by atoms with Crippen LogP contribution in [0.15, 0.2) is 34.0 Å². The predicted molar refractivity (Wildman–Crippen MR) is 101 cm³/mol. The quantitative estimate of drug-likeness (QED) is 0.684. The standard InChI is InChI=1S/C17H18ClN2O8P/c1-9-6-20(17(23)19-16(9)22)15-5-12(21)14(27-15)8-26-29(24)25-7-10-4-11(18)2-3-13(10)28-29/h2-4,6,12,14-15,21H,5,7-8H2,1H3,(H,19,22,23)/t12-,14-,15-,29?/m1/s1. The van der Waals surface area contributed by atoms with Crippen LogP contribution in [0.1, 0.15) is 23.8 Å². The molecule has 0 aliphatic carbocycles. The van der Waals surface area contributed by atoms with Crippen molar-refractivity contribution in [1.82, 2.24) is 9.55 Å². The second kappa shape index (κ2) is 7.71. The van der Waals surface area contributed by atoms with Gasteiger partial charge in [0.25, 0.3) is 5.56 Å². The zero-order valence-corrected chi connectivity index (χ0v) is 16.9. The predicted octanol–water partition coefficient (Wildman–Crippen LogP) is 1.88. The number of aliphatic hydroxyl groups is 1. The fraction of sp³-hybridized carbons (Fsp3) is 0.412. The van der Waals surface area contributed by atoms with Gasteiger partial charge in [-0.3, -0.25) is 23.4 Å². The molecule has 0 radical (unpaired) electrons. The van der Waals surface area contributed by atoms with E-state index in [-0.39, 0.29) is 19.6 Å². The highest BCUT2D eigenvalue weighted by Gasteiger charge is 2.40. The van der Waals surface area contributed by atoms with Gasteiger partial charge in [-0.05, 0) is 25.1 Å². The van der Waals surface area contributed by atoms with E-state index in [2.05, 4.69) is 4.98 Å². The molecule has 1 fully saturated rings. The second-order valence-corrected chi connectivity index (χ2v) is 8.80. The Labute approximate surface area is 169 Å². The number of hydrogen-bond donors (Lipinski definition) is 2. The first-order valence-electron chi connectivity index (χ1n) is 8.77. The molecule has 10 nitrogen and oxygen atoms in total. The molecule has 2 N–H and O–H groups in total. The Morgan fingerprint density at radius 2 is 2.21 bits per heavy atom. The Morgan fingerprint density at radius 3 is 3.00 bits per heavy atom. The van der Waals surface area contributed by atoms with Gasteiger partial charge in [0.05, 0.1) is 19.3 Å². The topological polar surface area (TPSA) is 129 Å². The molecule has 12 heteroatoms. The third kappa shape index (κ3) is 4.18. The van der Waals surface area contributed by atoms with E-state index in [1.54, 1.807) is 25.1 Å². The summed E-state index contributed by atoms with van der Waals surface area (Å²) in [6.45, 7) is 1.26. The molecule has 1 aromatic heterocycles. The number of H-pyrrole nitrogens is 1. The molecule has 2 aromatic rings. The van der Waals surface area contributed by atoms with E-state index in [0.29, 0.717) is 21.9 Å². The van der Waals surface area contributed by atoms with E-state index in [1.165, 1.54) is 10.8 Å². The van der Waals surface area contributed by atoms with Crippen molar-refractivity contribution in [1.29, 1.82) is 0 Å². The molecule has 4 rings (SSSR count). The Balaban J connectivity index is 1.42. The number of fused-ring (bicyclic) bond motifs is 1. The van der Waals surface area contributed by atoms with E-state index >= 15 is 0 Å². The number of aromatic amines is 1. The second-order valence-electron chi connectivity index (χ2n) is 6.77. The molecule has 0 bridgehead atoms. The van der Waals surface area contributed by atoms with Gasteiger partial charge in [-0.1, -0.05) is 11.6 Å². The van der Waals surface area contributed by atoms with Crippen LogP contribution in [0, 0.1) is 6.92 Å². The molecule has 4 atom stereocenters. The Morgan fingerprint density at radius 1 is 1.41 bits per heavy atom. The number of nitrogens with zero attached hydrogens (tertiary/aromatic N) is 1. The Kier molecular flexibility index (Phi) is 5.41. The molecule has 3 heterocycles. The van der Waals surface area contributed by atoms with Crippen molar-refractivity contribution >= 4 is 19.4 Å². The molecule has 1 aromatic carbocycles. The van der Waals surface area contributed by atoms with Crippen molar-refractivity contribution in [3.05, 3.63) is 61.4 Å². The minimum Gasteiger partial charge on any atom is -0.404 e. The molecule has 2 aliphatic heterocycles. The first-order valence-corrected chi connectivity index (χ1v) is 10.6. The molecule has 2 aliphatic rings. The number of rotatable bonds is 4. The fourth-order valence-electron chi connectivity index (χ4n) is 3.11. The number of aromatic nitrogens is 2. The van der Waals surface area contributed by atoms with Gasteiger partial charge < -0.3 is 14.4 Å². The summed E-state index contributed by atoms with van der Waals surface area (Å²) in [6, 6.07) is 4.80. The van der Waals surface area contributed by atoms with Crippen molar-refractivity contribution in [2.45, 2.75) is 38.4 Å². The lowest BCUT2D eigenvalue weighted by molar-refractivity contribution is -0.0469. The van der Waals surface area contributed by atoms with Gasteiger partial charge in [-0.15, -0.1) is 0 Å². The monoisotopic (exact) mass is 444 g/mol. The van der Waals surface area contributed by atoms with Crippen molar-refractivity contribution < 1.29 is 28.0 Å². The number of phosphoric ester groups is 1. The van der Waals surface area contributed by atoms with Crippen molar-refractivity contribution in [2.24, 2.45) is 0 Å². The molecule has 156 valence electrons. The van der Waals surface area contributed by atoms with Crippen molar-refractivity contribution in [3.8, 4) is 5.75 Å². The maximum Gasteiger partial charge on any atom is 0.530 e. The summed E-state index contributed by atoms with van der Waals surface area (Å²) >= 11 is 5.91. The number of hydrogen-bond acceptors (Lipinski definition) is 8. The number of halogens is 1. The Hall–Kier alpha value is -1.94. The largest absolute Gasteiger partial charge is 0.530 e. The van der Waals surface area contributed by atoms with Gasteiger partial charge in [0.2, 0.25) is 0 Å². The highest BCUT2D eigenvalue weighted by atomic mass is 35.5. The minimum absolute atomic E-state index is 0.00404. The van der Waals surface area contributed by atoms with Gasteiger partial charge in [0, 0.05) is 28.8 Å². The SMILES string of the molecule is Cc1cn([C@H]2C[C@@H](O)[C@@H](COP3(=O)OCc4cc(Cl)ccc4O3)O2)c(=O)[nH]c1=O. The summed E-state index contributed by atoms with van der Waals surface area (Å²) in [5.41, 5.74) is -0.176. The number of phosphoric acid groups is 1. The maximum atomic E-state index is 12.7. The Bertz CT molecular complexity index is 1100. The number of aryl methyl sites for hydroxylation is 1. The van der Waals surface area contributed by atoms with E-state index in [1.807, 2.05) is 0 Å². The summed E-state index contributed by atoms with van der Waals surface area (Å²) in [5, 5.41) is 10.8. The molecular formula is C17H18ClN2O8P. The van der Waals surface area contributed by atoms with E-state index < -0.39 is 37.5 Å². The first-order chi connectivity index (χ1) is 13.7. The van der Waals surface area contributed by atoms with Gasteiger partial charge >= 0.3 is 13.5 Å². The third-order valence-electron chi connectivity index (χ3n) is 4.67. The molecule has 29 heavy (non-hydrogen) atoms. The van der Waals surface area contributed by atoms with Crippen LogP contribution in [0.5, 0.6) is 5.75 Å². The summed E-state index contributed by atoms with van der Waals surface area (Å²) in [5.74, 6) is 0.338. The van der Waals surface area contributed by atoms with E-state index in [0.717, 1.165) is 0 Å². The number of nitrogens with one attached hydrogen (secondary N) is 1. The van der Waals surface area contributed by atoms with E-state index in [9.17, 15) is 19.3 Å². The summed E-state index contributed by atoms with van der Waals surface area (Å²) in [4.78, 5) is 25.7. The summed E-state index contributed by atoms with van der Waals surface area (Å²) in [6.07, 6.45) is -1.21. The first kappa shape index (κ1) is 20.3. The van der Waals surface area contributed by atoms with Crippen molar-refractivity contribution in [2.75, 3.05) is 6.61 Å². The van der Waals surface area contributed by atoms with Gasteiger partial charge in [-0.25, -0.2) is 9.36 Å². The fourth-order valence-corrected chi connectivity index (χ4v) is 4.53. The van der Waals surface area contributed by atoms with Crippen LogP contribution in [-0.2, 0) is 25.0 Å². The third-order valence-corrected chi connectivity index (χ3v) is 6.23. The summed E-state index contributed by atoms with van der Waals surface area (Å²) in [7, 11) is -3.91. The lowest BCUT2D eigenvalue weighted by Gasteiger charge is -2.26. The molecule has 0 amide bonds. The molecule has 0 saturated carbocycles. The maximum absolute atomic E-state index is 12.7. The van der Waals surface area contributed by atoms with Crippen LogP contribution >= 0.6 is 19.4 Å². The zero-order chi connectivity index (χ0) is 20.8. The van der Waals surface area contributed by atoms with Crippen LogP contribution in [-0.4, -0.2) is 33.5 Å². The average molecular weight is 445 g/mol. The molecule has 0 spiro atoms. The van der Waals surface area contributed by atoms with Gasteiger partial charge in [-0.2, -0.15) is 0 Å². The number of aliphatic hydroxyl groups excluding tert-OH is 1. The van der Waals surface area contributed by atoms with Gasteiger partial charge in [0.1, 0.15) is 18.1 Å². The zero-order valence-electron chi connectivity index (χ0n) is 15.2. The number of ether oxygens (including phenoxy) is 1. The number of benzene rings is 1. The van der Waals surface area contributed by atoms with Crippen LogP contribution in [0.2, 0.25) is 5.02 Å². The highest BCUT2D eigenvalue weighted by molar-refractivity contribution is 7.49. The van der Waals surface area contributed by atoms with Crippen molar-refractivity contribution in [3.63, 3.8) is 0 Å². The lowest BCUT2D eigenvalue weighted by Crippen LogP contribution is -2.33. The van der Waals surface area contributed by atoms with Crippen LogP contribution < -0.4 is 15.8 Å². The van der Waals surface area contributed by atoms with Crippen LogP contribution in [0.3, 0.4) is 0 Å².